The van der Waals surface area contributed by atoms with Crippen molar-refractivity contribution < 1.29 is 4.79 Å². The number of likely N-dealkylation sites (tertiary alicyclic amines) is 1. The summed E-state index contributed by atoms with van der Waals surface area (Å²) in [4.78, 5) is 25.0. The number of hydrogen-bond acceptors (Lipinski definition) is 5. The summed E-state index contributed by atoms with van der Waals surface area (Å²) in [5.74, 6) is 1.82. The SMILES string of the molecule is CCNC(=NCc1ncnn1C)NCCCN1CCCC1C(=O)N(C)C. The summed E-state index contributed by atoms with van der Waals surface area (Å²) >= 11 is 0. The number of aliphatic imine (C=N–C) groups is 1. The standard InChI is InChI=1S/C17H32N8O/c1-5-18-17(20-12-15-21-13-22-24(15)4)19-9-7-11-25-10-6-8-14(25)16(26)23(2)3/h13-14H,5-12H2,1-4H3,(H2,18,19,20). The second kappa shape index (κ2) is 10.1. The number of amides is 1. The van der Waals surface area contributed by atoms with Crippen molar-refractivity contribution in [3.05, 3.63) is 12.2 Å². The van der Waals surface area contributed by atoms with Crippen LogP contribution in [0.25, 0.3) is 0 Å². The van der Waals surface area contributed by atoms with Crippen LogP contribution in [0.1, 0.15) is 32.0 Å². The molecular formula is C17H32N8O. The van der Waals surface area contributed by atoms with Crippen molar-refractivity contribution in [1.29, 1.82) is 0 Å². The van der Waals surface area contributed by atoms with Crippen LogP contribution in [0.4, 0.5) is 0 Å². The van der Waals surface area contributed by atoms with E-state index >= 15 is 0 Å². The molecule has 146 valence electrons. The Bertz CT molecular complexity index is 597. The van der Waals surface area contributed by atoms with Gasteiger partial charge in [-0.2, -0.15) is 5.10 Å². The Hall–Kier alpha value is -2.16. The molecule has 1 aliphatic rings. The Balaban J connectivity index is 1.77. The van der Waals surface area contributed by atoms with Crippen LogP contribution in [0.15, 0.2) is 11.3 Å². The molecule has 2 rings (SSSR count). The third-order valence-electron chi connectivity index (χ3n) is 4.53. The van der Waals surface area contributed by atoms with E-state index in [2.05, 4.69) is 30.6 Å². The highest BCUT2D eigenvalue weighted by Gasteiger charge is 2.30. The van der Waals surface area contributed by atoms with Crippen LogP contribution >= 0.6 is 0 Å². The molecule has 1 amide bonds. The van der Waals surface area contributed by atoms with Crippen molar-refractivity contribution in [3.63, 3.8) is 0 Å². The van der Waals surface area contributed by atoms with E-state index in [1.54, 1.807) is 9.58 Å². The Labute approximate surface area is 155 Å². The predicted molar refractivity (Wildman–Crippen MR) is 102 cm³/mol. The summed E-state index contributed by atoms with van der Waals surface area (Å²) in [5.41, 5.74) is 0. The average Bonchev–Trinajstić information content (AvgIpc) is 3.24. The zero-order valence-electron chi connectivity index (χ0n) is 16.4. The number of nitrogens with one attached hydrogen (secondary N) is 2. The average molecular weight is 364 g/mol. The smallest absolute Gasteiger partial charge is 0.239 e. The highest BCUT2D eigenvalue weighted by Crippen LogP contribution is 2.18. The van der Waals surface area contributed by atoms with Crippen molar-refractivity contribution in [2.45, 2.75) is 38.8 Å². The monoisotopic (exact) mass is 364 g/mol. The van der Waals surface area contributed by atoms with E-state index in [1.165, 1.54) is 6.33 Å². The van der Waals surface area contributed by atoms with E-state index in [4.69, 9.17) is 0 Å². The molecule has 9 nitrogen and oxygen atoms in total. The molecule has 2 N–H and O–H groups in total. The number of guanidine groups is 1. The minimum absolute atomic E-state index is 0.0443. The minimum atomic E-state index is 0.0443. The molecule has 0 bridgehead atoms. The minimum Gasteiger partial charge on any atom is -0.357 e. The zero-order valence-corrected chi connectivity index (χ0v) is 16.4. The first kappa shape index (κ1) is 20.2. The molecule has 1 aliphatic heterocycles. The number of rotatable bonds is 8. The molecule has 1 saturated heterocycles. The van der Waals surface area contributed by atoms with Crippen molar-refractivity contribution in [3.8, 4) is 0 Å². The van der Waals surface area contributed by atoms with Crippen molar-refractivity contribution in [2.24, 2.45) is 12.0 Å². The van der Waals surface area contributed by atoms with E-state index < -0.39 is 0 Å². The number of carbonyl (C=O) groups excluding carboxylic acids is 1. The van der Waals surface area contributed by atoms with E-state index in [9.17, 15) is 4.79 Å². The van der Waals surface area contributed by atoms with Crippen LogP contribution in [0, 0.1) is 0 Å². The third-order valence-corrected chi connectivity index (χ3v) is 4.53. The molecule has 0 aliphatic carbocycles. The molecule has 1 unspecified atom stereocenters. The lowest BCUT2D eigenvalue weighted by atomic mass is 10.2. The molecule has 0 saturated carbocycles. The number of aromatic nitrogens is 3. The fourth-order valence-electron chi connectivity index (χ4n) is 3.12. The van der Waals surface area contributed by atoms with Gasteiger partial charge in [-0.3, -0.25) is 14.4 Å². The normalized spacial score (nSPS) is 18.2. The maximum Gasteiger partial charge on any atom is 0.239 e. The zero-order chi connectivity index (χ0) is 18.9. The molecule has 1 aromatic heterocycles. The summed E-state index contributed by atoms with van der Waals surface area (Å²) in [6.07, 6.45) is 4.56. The number of likely N-dealkylation sites (N-methyl/N-ethyl adjacent to an activating group) is 1. The van der Waals surface area contributed by atoms with Gasteiger partial charge in [0.1, 0.15) is 18.7 Å². The third kappa shape index (κ3) is 5.69. The first-order valence-electron chi connectivity index (χ1n) is 9.33. The quantitative estimate of drug-likeness (QED) is 0.378. The molecule has 0 aromatic carbocycles. The van der Waals surface area contributed by atoms with Crippen LogP contribution < -0.4 is 10.6 Å². The molecule has 26 heavy (non-hydrogen) atoms. The largest absolute Gasteiger partial charge is 0.357 e. The first-order valence-corrected chi connectivity index (χ1v) is 9.33. The van der Waals surface area contributed by atoms with Gasteiger partial charge in [0.2, 0.25) is 5.91 Å². The van der Waals surface area contributed by atoms with Gasteiger partial charge in [0.25, 0.3) is 0 Å². The van der Waals surface area contributed by atoms with Gasteiger partial charge in [-0.15, -0.1) is 0 Å². The lowest BCUT2D eigenvalue weighted by Gasteiger charge is -2.26. The Morgan fingerprint density at radius 1 is 1.42 bits per heavy atom. The van der Waals surface area contributed by atoms with Crippen LogP contribution in [0.3, 0.4) is 0 Å². The van der Waals surface area contributed by atoms with E-state index in [-0.39, 0.29) is 11.9 Å². The Morgan fingerprint density at radius 3 is 2.88 bits per heavy atom. The molecular weight excluding hydrogens is 332 g/mol. The topological polar surface area (TPSA) is 90.7 Å². The Kier molecular flexibility index (Phi) is 7.83. The molecule has 1 fully saturated rings. The highest BCUT2D eigenvalue weighted by atomic mass is 16.2. The summed E-state index contributed by atoms with van der Waals surface area (Å²) in [7, 11) is 5.52. The molecule has 1 aromatic rings. The summed E-state index contributed by atoms with van der Waals surface area (Å²) in [5, 5.41) is 10.6. The second-order valence-corrected chi connectivity index (χ2v) is 6.70. The fourth-order valence-corrected chi connectivity index (χ4v) is 3.12. The summed E-state index contributed by atoms with van der Waals surface area (Å²) in [6, 6.07) is 0.0443. The van der Waals surface area contributed by atoms with Crippen molar-refractivity contribution in [1.82, 2.24) is 35.2 Å². The van der Waals surface area contributed by atoms with Crippen LogP contribution in [-0.4, -0.2) is 82.7 Å². The molecule has 9 heteroatoms. The van der Waals surface area contributed by atoms with Gasteiger partial charge < -0.3 is 15.5 Å². The van der Waals surface area contributed by atoms with Crippen molar-refractivity contribution in [2.75, 3.05) is 40.3 Å². The predicted octanol–water partition coefficient (Wildman–Crippen LogP) is -0.187. The maximum atomic E-state index is 12.2. The lowest BCUT2D eigenvalue weighted by Crippen LogP contribution is -2.44. The number of hydrogen-bond donors (Lipinski definition) is 2. The molecule has 2 heterocycles. The van der Waals surface area contributed by atoms with Gasteiger partial charge in [-0.1, -0.05) is 0 Å². The van der Waals surface area contributed by atoms with Gasteiger partial charge >= 0.3 is 0 Å². The second-order valence-electron chi connectivity index (χ2n) is 6.70. The number of aryl methyl sites for hydroxylation is 1. The Morgan fingerprint density at radius 2 is 2.23 bits per heavy atom. The highest BCUT2D eigenvalue weighted by molar-refractivity contribution is 5.81. The van der Waals surface area contributed by atoms with Crippen LogP contribution in [-0.2, 0) is 18.4 Å². The summed E-state index contributed by atoms with van der Waals surface area (Å²) in [6.45, 7) is 6.06. The van der Waals surface area contributed by atoms with E-state index in [0.29, 0.717) is 6.54 Å². The van der Waals surface area contributed by atoms with Gasteiger partial charge in [-0.05, 0) is 32.7 Å². The van der Waals surface area contributed by atoms with Crippen LogP contribution in [0.2, 0.25) is 0 Å². The first-order chi connectivity index (χ1) is 12.5. The van der Waals surface area contributed by atoms with Gasteiger partial charge in [0, 0.05) is 40.8 Å². The van der Waals surface area contributed by atoms with E-state index in [0.717, 1.165) is 57.2 Å². The van der Waals surface area contributed by atoms with Crippen LogP contribution in [0.5, 0.6) is 0 Å². The van der Waals surface area contributed by atoms with Gasteiger partial charge in [-0.25, -0.2) is 9.98 Å². The van der Waals surface area contributed by atoms with Crippen molar-refractivity contribution >= 4 is 11.9 Å². The molecule has 1 atom stereocenters. The summed E-state index contributed by atoms with van der Waals surface area (Å²) < 4.78 is 1.72. The lowest BCUT2D eigenvalue weighted by molar-refractivity contribution is -0.133. The van der Waals surface area contributed by atoms with Gasteiger partial charge in [0.05, 0.1) is 6.04 Å². The fraction of sp³-hybridized carbons (Fsp3) is 0.765. The van der Waals surface area contributed by atoms with Gasteiger partial charge in [0.15, 0.2) is 5.96 Å². The maximum absolute atomic E-state index is 12.2. The van der Waals surface area contributed by atoms with E-state index in [1.807, 2.05) is 28.1 Å². The molecule has 0 spiro atoms. The number of nitrogens with zero attached hydrogens (tertiary/aromatic N) is 6. The molecule has 0 radical (unpaired) electrons. The number of carbonyl (C=O) groups is 1.